The standard InChI is InChI=1S/C20H30ClN3/c1-15-9-8-14-18(19(15)21)24-20(22-16-10-4-2-5-11-16)23-17-12-6-3-7-13-17/h8-9,14,16-17H,2-7,10-13H2,1H3,(H2,22,23,24). The third-order valence-electron chi connectivity index (χ3n) is 5.28. The topological polar surface area (TPSA) is 36.4 Å². The summed E-state index contributed by atoms with van der Waals surface area (Å²) in [4.78, 5) is 5.03. The van der Waals surface area contributed by atoms with Crippen LogP contribution in [0.15, 0.2) is 23.2 Å². The molecule has 0 saturated heterocycles. The molecule has 2 fully saturated rings. The molecule has 2 aliphatic rings. The maximum atomic E-state index is 6.48. The molecular weight excluding hydrogens is 318 g/mol. The van der Waals surface area contributed by atoms with Crippen molar-refractivity contribution in [1.29, 1.82) is 0 Å². The number of hydrogen-bond acceptors (Lipinski definition) is 1. The minimum absolute atomic E-state index is 0.445. The van der Waals surface area contributed by atoms with Crippen molar-refractivity contribution in [2.45, 2.75) is 83.2 Å². The van der Waals surface area contributed by atoms with Gasteiger partial charge in [-0.2, -0.15) is 0 Å². The average molecular weight is 348 g/mol. The molecule has 3 rings (SSSR count). The number of hydrogen-bond donors (Lipinski definition) is 2. The van der Waals surface area contributed by atoms with Crippen molar-refractivity contribution in [2.24, 2.45) is 4.99 Å². The van der Waals surface area contributed by atoms with E-state index in [9.17, 15) is 0 Å². The van der Waals surface area contributed by atoms with E-state index in [4.69, 9.17) is 16.6 Å². The number of nitrogens with zero attached hydrogens (tertiary/aromatic N) is 1. The van der Waals surface area contributed by atoms with Gasteiger partial charge in [0, 0.05) is 6.04 Å². The summed E-state index contributed by atoms with van der Waals surface area (Å²) in [5, 5.41) is 7.96. The van der Waals surface area contributed by atoms with Gasteiger partial charge in [0.15, 0.2) is 5.96 Å². The number of halogens is 1. The van der Waals surface area contributed by atoms with Gasteiger partial charge in [-0.15, -0.1) is 0 Å². The van der Waals surface area contributed by atoms with Gasteiger partial charge >= 0.3 is 0 Å². The predicted octanol–water partition coefficient (Wildman–Crippen LogP) is 5.67. The number of anilines is 1. The molecular formula is C20H30ClN3. The summed E-state index contributed by atoms with van der Waals surface area (Å²) in [6, 6.07) is 7.11. The van der Waals surface area contributed by atoms with Crippen LogP contribution >= 0.6 is 11.6 Å². The van der Waals surface area contributed by atoms with Gasteiger partial charge < -0.3 is 10.6 Å². The summed E-state index contributed by atoms with van der Waals surface area (Å²) >= 11 is 6.48. The van der Waals surface area contributed by atoms with E-state index < -0.39 is 0 Å². The van der Waals surface area contributed by atoms with Crippen molar-refractivity contribution in [1.82, 2.24) is 5.32 Å². The molecule has 0 heterocycles. The molecule has 1 aromatic rings. The van der Waals surface area contributed by atoms with Crippen molar-refractivity contribution in [3.8, 4) is 0 Å². The molecule has 132 valence electrons. The van der Waals surface area contributed by atoms with E-state index in [0.717, 1.165) is 22.2 Å². The van der Waals surface area contributed by atoms with Gasteiger partial charge in [0.1, 0.15) is 0 Å². The zero-order chi connectivity index (χ0) is 16.8. The molecule has 0 bridgehead atoms. The second-order valence-corrected chi connectivity index (χ2v) is 7.69. The van der Waals surface area contributed by atoms with Crippen molar-refractivity contribution in [2.75, 3.05) is 5.32 Å². The molecule has 0 spiro atoms. The predicted molar refractivity (Wildman–Crippen MR) is 104 cm³/mol. The van der Waals surface area contributed by atoms with E-state index in [0.29, 0.717) is 12.1 Å². The van der Waals surface area contributed by atoms with Crippen molar-refractivity contribution >= 4 is 23.2 Å². The summed E-state index contributed by atoms with van der Waals surface area (Å²) in [5.41, 5.74) is 2.05. The lowest BCUT2D eigenvalue weighted by Gasteiger charge is -2.27. The van der Waals surface area contributed by atoms with Crippen LogP contribution in [0.4, 0.5) is 5.69 Å². The Balaban J connectivity index is 1.74. The number of benzene rings is 1. The number of rotatable bonds is 3. The Morgan fingerprint density at radius 1 is 1.00 bits per heavy atom. The highest BCUT2D eigenvalue weighted by molar-refractivity contribution is 6.34. The molecule has 24 heavy (non-hydrogen) atoms. The second kappa shape index (κ2) is 8.75. The summed E-state index contributed by atoms with van der Waals surface area (Å²) in [6.45, 7) is 2.04. The minimum Gasteiger partial charge on any atom is -0.353 e. The van der Waals surface area contributed by atoms with Gasteiger partial charge in [-0.25, -0.2) is 4.99 Å². The van der Waals surface area contributed by atoms with Crippen LogP contribution in [-0.2, 0) is 0 Å². The Morgan fingerprint density at radius 2 is 1.67 bits per heavy atom. The second-order valence-electron chi connectivity index (χ2n) is 7.31. The molecule has 0 aromatic heterocycles. The Labute approximate surface area is 151 Å². The Hall–Kier alpha value is -1.22. The molecule has 0 radical (unpaired) electrons. The van der Waals surface area contributed by atoms with Gasteiger partial charge in [0.25, 0.3) is 0 Å². The molecule has 0 atom stereocenters. The van der Waals surface area contributed by atoms with Crippen LogP contribution in [0.1, 0.15) is 69.8 Å². The lowest BCUT2D eigenvalue weighted by Crippen LogP contribution is -2.41. The maximum Gasteiger partial charge on any atom is 0.196 e. The summed E-state index contributed by atoms with van der Waals surface area (Å²) < 4.78 is 0. The van der Waals surface area contributed by atoms with Crippen LogP contribution in [0.3, 0.4) is 0 Å². The molecule has 2 N–H and O–H groups in total. The lowest BCUT2D eigenvalue weighted by molar-refractivity contribution is 0.408. The SMILES string of the molecule is Cc1cccc(NC(=NC2CCCCC2)NC2CCCCC2)c1Cl. The first-order chi connectivity index (χ1) is 11.7. The first-order valence-corrected chi connectivity index (χ1v) is 9.96. The molecule has 2 aliphatic carbocycles. The average Bonchev–Trinajstić information content (AvgIpc) is 2.61. The monoisotopic (exact) mass is 347 g/mol. The molecule has 2 saturated carbocycles. The van der Waals surface area contributed by atoms with Gasteiger partial charge in [0.2, 0.25) is 0 Å². The quantitative estimate of drug-likeness (QED) is 0.545. The van der Waals surface area contributed by atoms with Crippen LogP contribution < -0.4 is 10.6 Å². The minimum atomic E-state index is 0.445. The third-order valence-corrected chi connectivity index (χ3v) is 5.78. The highest BCUT2D eigenvalue weighted by Crippen LogP contribution is 2.26. The van der Waals surface area contributed by atoms with Gasteiger partial charge in [-0.1, -0.05) is 62.3 Å². The number of guanidine groups is 1. The Bertz CT molecular complexity index is 558. The van der Waals surface area contributed by atoms with E-state index in [-0.39, 0.29) is 0 Å². The summed E-state index contributed by atoms with van der Waals surface area (Å²) in [7, 11) is 0. The van der Waals surface area contributed by atoms with Crippen molar-refractivity contribution in [3.63, 3.8) is 0 Å². The van der Waals surface area contributed by atoms with Crippen LogP contribution in [-0.4, -0.2) is 18.0 Å². The molecule has 0 amide bonds. The van der Waals surface area contributed by atoms with E-state index in [1.807, 2.05) is 25.1 Å². The van der Waals surface area contributed by atoms with Crippen LogP contribution in [0.25, 0.3) is 0 Å². The highest BCUT2D eigenvalue weighted by atomic mass is 35.5. The fourth-order valence-electron chi connectivity index (χ4n) is 3.81. The van der Waals surface area contributed by atoms with Crippen LogP contribution in [0.2, 0.25) is 5.02 Å². The Kier molecular flexibility index (Phi) is 6.42. The van der Waals surface area contributed by atoms with Crippen molar-refractivity contribution in [3.05, 3.63) is 28.8 Å². The number of aryl methyl sites for hydroxylation is 1. The fourth-order valence-corrected chi connectivity index (χ4v) is 3.98. The van der Waals surface area contributed by atoms with E-state index in [1.165, 1.54) is 64.2 Å². The molecule has 3 nitrogen and oxygen atoms in total. The van der Waals surface area contributed by atoms with E-state index >= 15 is 0 Å². The van der Waals surface area contributed by atoms with Crippen molar-refractivity contribution < 1.29 is 0 Å². The lowest BCUT2D eigenvalue weighted by atomic mass is 9.95. The first-order valence-electron chi connectivity index (χ1n) is 9.59. The fraction of sp³-hybridized carbons (Fsp3) is 0.650. The highest BCUT2D eigenvalue weighted by Gasteiger charge is 2.18. The zero-order valence-electron chi connectivity index (χ0n) is 14.8. The first kappa shape index (κ1) is 17.6. The van der Waals surface area contributed by atoms with Crippen LogP contribution in [0.5, 0.6) is 0 Å². The third kappa shape index (κ3) is 4.89. The largest absolute Gasteiger partial charge is 0.353 e. The van der Waals surface area contributed by atoms with Gasteiger partial charge in [-0.3, -0.25) is 0 Å². The normalized spacial score (nSPS) is 20.8. The van der Waals surface area contributed by atoms with E-state index in [2.05, 4.69) is 10.6 Å². The number of aliphatic imine (C=N–C) groups is 1. The van der Waals surface area contributed by atoms with Gasteiger partial charge in [0.05, 0.1) is 16.8 Å². The van der Waals surface area contributed by atoms with E-state index in [1.54, 1.807) is 0 Å². The molecule has 0 aliphatic heterocycles. The Morgan fingerprint density at radius 3 is 2.38 bits per heavy atom. The number of nitrogens with one attached hydrogen (secondary N) is 2. The van der Waals surface area contributed by atoms with Crippen LogP contribution in [0, 0.1) is 6.92 Å². The smallest absolute Gasteiger partial charge is 0.196 e. The molecule has 1 aromatic carbocycles. The van der Waals surface area contributed by atoms with Gasteiger partial charge in [-0.05, 0) is 44.2 Å². The molecule has 4 heteroatoms. The zero-order valence-corrected chi connectivity index (χ0v) is 15.5. The summed E-state index contributed by atoms with van der Waals surface area (Å²) in [6.07, 6.45) is 12.9. The maximum absolute atomic E-state index is 6.48. The summed E-state index contributed by atoms with van der Waals surface area (Å²) in [5.74, 6) is 0.918. The molecule has 0 unspecified atom stereocenters.